The van der Waals surface area contributed by atoms with Crippen LogP contribution in [0.15, 0.2) is 18.2 Å². The molecule has 7 heteroatoms. The van der Waals surface area contributed by atoms with Crippen molar-refractivity contribution in [1.29, 1.82) is 0 Å². The average Bonchev–Trinajstić information content (AvgIpc) is 2.34. The number of rotatable bonds is 6. The average molecular weight is 286 g/mol. The fourth-order valence-corrected chi connectivity index (χ4v) is 1.54. The number of amides is 2. The summed E-state index contributed by atoms with van der Waals surface area (Å²) in [5, 5.41) is 5.62. The van der Waals surface area contributed by atoms with Gasteiger partial charge in [-0.25, -0.2) is 0 Å². The first-order chi connectivity index (χ1) is 9.06. The maximum atomic E-state index is 11.4. The summed E-state index contributed by atoms with van der Waals surface area (Å²) in [4.78, 5) is 22.8. The Hall–Kier alpha value is -1.63. The Labute approximate surface area is 116 Å². The van der Waals surface area contributed by atoms with E-state index in [2.05, 4.69) is 10.6 Å². The summed E-state index contributed by atoms with van der Waals surface area (Å²) >= 11 is 5.95. The molecule has 0 radical (unpaired) electrons. The molecule has 0 bridgehead atoms. The van der Waals surface area contributed by atoms with Gasteiger partial charge in [0.25, 0.3) is 0 Å². The minimum absolute atomic E-state index is 0.0694. The second-order valence-corrected chi connectivity index (χ2v) is 4.17. The molecule has 1 aromatic carbocycles. The van der Waals surface area contributed by atoms with Crippen molar-refractivity contribution in [1.82, 2.24) is 0 Å². The van der Waals surface area contributed by atoms with Crippen LogP contribution in [0.3, 0.4) is 0 Å². The largest absolute Gasteiger partial charge is 0.375 e. The Balaban J connectivity index is 2.76. The lowest BCUT2D eigenvalue weighted by Crippen LogP contribution is -2.18. The van der Waals surface area contributed by atoms with Crippen molar-refractivity contribution in [2.75, 3.05) is 30.9 Å². The Morgan fingerprint density at radius 3 is 2.68 bits per heavy atom. The summed E-state index contributed by atoms with van der Waals surface area (Å²) in [6, 6.07) is 4.80. The number of benzene rings is 1. The summed E-state index contributed by atoms with van der Waals surface area (Å²) in [5.74, 6) is -0.520. The first-order valence-corrected chi connectivity index (χ1v) is 6.03. The molecule has 19 heavy (non-hydrogen) atoms. The SMILES string of the molecule is COCC(=O)Nc1cc(NC(=O)CCN)ccc1Cl. The van der Waals surface area contributed by atoms with Gasteiger partial charge in [-0.1, -0.05) is 11.6 Å². The molecule has 0 unspecified atom stereocenters. The Morgan fingerprint density at radius 2 is 2.05 bits per heavy atom. The molecule has 104 valence electrons. The molecule has 0 aromatic heterocycles. The summed E-state index contributed by atoms with van der Waals surface area (Å²) < 4.78 is 4.70. The molecule has 4 N–H and O–H groups in total. The molecule has 2 amide bonds. The van der Waals surface area contributed by atoms with E-state index in [4.69, 9.17) is 22.1 Å². The monoisotopic (exact) mass is 285 g/mol. The maximum absolute atomic E-state index is 11.4. The number of carbonyl (C=O) groups excluding carboxylic acids is 2. The van der Waals surface area contributed by atoms with Gasteiger partial charge in [-0.3, -0.25) is 9.59 Å². The predicted molar refractivity (Wildman–Crippen MR) is 74.3 cm³/mol. The number of hydrogen-bond donors (Lipinski definition) is 3. The highest BCUT2D eigenvalue weighted by atomic mass is 35.5. The van der Waals surface area contributed by atoms with Crippen LogP contribution >= 0.6 is 11.6 Å². The van der Waals surface area contributed by atoms with Crippen LogP contribution in [0.1, 0.15) is 6.42 Å². The number of hydrogen-bond acceptors (Lipinski definition) is 4. The first kappa shape index (κ1) is 15.4. The van der Waals surface area contributed by atoms with Crippen molar-refractivity contribution in [3.05, 3.63) is 23.2 Å². The van der Waals surface area contributed by atoms with E-state index in [1.54, 1.807) is 18.2 Å². The zero-order chi connectivity index (χ0) is 14.3. The van der Waals surface area contributed by atoms with Crippen LogP contribution in [-0.2, 0) is 14.3 Å². The van der Waals surface area contributed by atoms with Gasteiger partial charge in [-0.15, -0.1) is 0 Å². The minimum atomic E-state index is -0.324. The third kappa shape index (κ3) is 5.25. The van der Waals surface area contributed by atoms with Crippen LogP contribution in [0.2, 0.25) is 5.02 Å². The van der Waals surface area contributed by atoms with Gasteiger partial charge in [0, 0.05) is 25.8 Å². The second kappa shape index (κ2) is 7.73. The van der Waals surface area contributed by atoms with E-state index >= 15 is 0 Å². The molecule has 0 aliphatic carbocycles. The van der Waals surface area contributed by atoms with Crippen LogP contribution in [0, 0.1) is 0 Å². The van der Waals surface area contributed by atoms with Gasteiger partial charge in [-0.2, -0.15) is 0 Å². The standard InChI is InChI=1S/C12H16ClN3O3/c1-19-7-12(18)16-10-6-8(2-3-9(10)13)15-11(17)4-5-14/h2-3,6H,4-5,7,14H2,1H3,(H,15,17)(H,16,18). The van der Waals surface area contributed by atoms with E-state index in [0.29, 0.717) is 16.4 Å². The molecular weight excluding hydrogens is 270 g/mol. The molecule has 0 aliphatic heterocycles. The highest BCUT2D eigenvalue weighted by Gasteiger charge is 2.08. The highest BCUT2D eigenvalue weighted by molar-refractivity contribution is 6.33. The molecule has 0 aliphatic rings. The van der Waals surface area contributed by atoms with Crippen molar-refractivity contribution in [3.8, 4) is 0 Å². The van der Waals surface area contributed by atoms with E-state index in [1.807, 2.05) is 0 Å². The van der Waals surface area contributed by atoms with Gasteiger partial charge < -0.3 is 21.1 Å². The molecule has 0 heterocycles. The fourth-order valence-electron chi connectivity index (χ4n) is 1.37. The summed E-state index contributed by atoms with van der Waals surface area (Å²) in [5.41, 5.74) is 6.23. The lowest BCUT2D eigenvalue weighted by atomic mass is 10.2. The summed E-state index contributed by atoms with van der Waals surface area (Å²) in [6.07, 6.45) is 0.230. The summed E-state index contributed by atoms with van der Waals surface area (Å²) in [6.45, 7) is 0.205. The van der Waals surface area contributed by atoms with Crippen LogP contribution in [0.25, 0.3) is 0 Å². The number of nitrogens with one attached hydrogen (secondary N) is 2. The minimum Gasteiger partial charge on any atom is -0.375 e. The third-order valence-electron chi connectivity index (χ3n) is 2.17. The lowest BCUT2D eigenvalue weighted by molar-refractivity contribution is -0.119. The van der Waals surface area contributed by atoms with E-state index in [9.17, 15) is 9.59 Å². The number of anilines is 2. The van der Waals surface area contributed by atoms with Crippen molar-refractivity contribution >= 4 is 34.8 Å². The zero-order valence-electron chi connectivity index (χ0n) is 10.5. The van der Waals surface area contributed by atoms with E-state index < -0.39 is 0 Å². The molecule has 0 saturated carbocycles. The molecule has 1 rings (SSSR count). The molecule has 0 saturated heterocycles. The topological polar surface area (TPSA) is 93.5 Å². The highest BCUT2D eigenvalue weighted by Crippen LogP contribution is 2.25. The quantitative estimate of drug-likeness (QED) is 0.732. The number of methoxy groups -OCH3 is 1. The molecule has 1 aromatic rings. The Bertz CT molecular complexity index is 466. The first-order valence-electron chi connectivity index (χ1n) is 5.65. The Morgan fingerprint density at radius 1 is 1.32 bits per heavy atom. The smallest absolute Gasteiger partial charge is 0.250 e. The third-order valence-corrected chi connectivity index (χ3v) is 2.50. The van der Waals surface area contributed by atoms with Gasteiger partial charge >= 0.3 is 0 Å². The molecule has 0 fully saturated rings. The maximum Gasteiger partial charge on any atom is 0.250 e. The van der Waals surface area contributed by atoms with Gasteiger partial charge in [-0.05, 0) is 18.2 Å². The molecule has 0 spiro atoms. The van der Waals surface area contributed by atoms with Crippen LogP contribution in [0.5, 0.6) is 0 Å². The summed E-state index contributed by atoms with van der Waals surface area (Å²) in [7, 11) is 1.42. The normalized spacial score (nSPS) is 10.1. The Kier molecular flexibility index (Phi) is 6.27. The van der Waals surface area contributed by atoms with Crippen molar-refractivity contribution < 1.29 is 14.3 Å². The zero-order valence-corrected chi connectivity index (χ0v) is 11.3. The fraction of sp³-hybridized carbons (Fsp3) is 0.333. The number of nitrogens with two attached hydrogens (primary N) is 1. The predicted octanol–water partition coefficient (Wildman–Crippen LogP) is 1.21. The second-order valence-electron chi connectivity index (χ2n) is 3.76. The molecule has 0 atom stereocenters. The van der Waals surface area contributed by atoms with Crippen LogP contribution in [-0.4, -0.2) is 32.1 Å². The van der Waals surface area contributed by atoms with Crippen molar-refractivity contribution in [2.24, 2.45) is 5.73 Å². The lowest BCUT2D eigenvalue weighted by Gasteiger charge is -2.10. The molecular formula is C12H16ClN3O3. The van der Waals surface area contributed by atoms with Gasteiger partial charge in [0.15, 0.2) is 0 Å². The number of halogens is 1. The van der Waals surface area contributed by atoms with Crippen LogP contribution < -0.4 is 16.4 Å². The van der Waals surface area contributed by atoms with Gasteiger partial charge in [0.2, 0.25) is 11.8 Å². The van der Waals surface area contributed by atoms with Crippen molar-refractivity contribution in [2.45, 2.75) is 6.42 Å². The van der Waals surface area contributed by atoms with Crippen molar-refractivity contribution in [3.63, 3.8) is 0 Å². The van der Waals surface area contributed by atoms with E-state index in [0.717, 1.165) is 0 Å². The van der Waals surface area contributed by atoms with E-state index in [1.165, 1.54) is 7.11 Å². The number of carbonyl (C=O) groups is 2. The molecule has 6 nitrogen and oxygen atoms in total. The van der Waals surface area contributed by atoms with Gasteiger partial charge in [0.05, 0.1) is 10.7 Å². The van der Waals surface area contributed by atoms with E-state index in [-0.39, 0.29) is 31.4 Å². The van der Waals surface area contributed by atoms with Crippen LogP contribution in [0.4, 0.5) is 11.4 Å². The number of ether oxygens (including phenoxy) is 1. The van der Waals surface area contributed by atoms with Gasteiger partial charge in [0.1, 0.15) is 6.61 Å².